The van der Waals surface area contributed by atoms with Crippen LogP contribution in [0.25, 0.3) is 0 Å². The molecule has 68 valence electrons. The maximum absolute atomic E-state index is 10.2. The topological polar surface area (TPSA) is 94.4 Å². The standard InChI is InChI=1S/C7H8N4O2/c1-5(11(12)13)10-6-2-3-7(8)9-4-6/h2-4H,1H3,(H2,8,9). The van der Waals surface area contributed by atoms with Gasteiger partial charge in [-0.1, -0.05) is 0 Å². The molecule has 0 unspecified atom stereocenters. The predicted molar refractivity (Wildman–Crippen MR) is 48.4 cm³/mol. The van der Waals surface area contributed by atoms with Crippen LogP contribution in [-0.4, -0.2) is 15.7 Å². The molecule has 0 aliphatic heterocycles. The number of anilines is 1. The molecule has 0 aliphatic rings. The van der Waals surface area contributed by atoms with Crippen molar-refractivity contribution in [1.29, 1.82) is 0 Å². The Morgan fingerprint density at radius 3 is 2.85 bits per heavy atom. The summed E-state index contributed by atoms with van der Waals surface area (Å²) in [5.74, 6) is 0.185. The minimum atomic E-state index is -0.559. The van der Waals surface area contributed by atoms with Gasteiger partial charge in [-0.2, -0.15) is 0 Å². The van der Waals surface area contributed by atoms with Gasteiger partial charge < -0.3 is 15.8 Å². The number of rotatable bonds is 1. The number of nitrogens with two attached hydrogens (primary N) is 1. The van der Waals surface area contributed by atoms with E-state index >= 15 is 0 Å². The van der Waals surface area contributed by atoms with Crippen molar-refractivity contribution >= 4 is 17.3 Å². The van der Waals surface area contributed by atoms with Crippen LogP contribution >= 0.6 is 0 Å². The van der Waals surface area contributed by atoms with Gasteiger partial charge in [0.1, 0.15) is 5.82 Å². The summed E-state index contributed by atoms with van der Waals surface area (Å²) in [5, 5.41) is 10.2. The molecule has 0 atom stereocenters. The molecule has 0 spiro atoms. The first-order valence-corrected chi connectivity index (χ1v) is 3.51. The summed E-state index contributed by atoms with van der Waals surface area (Å²) < 4.78 is 0. The van der Waals surface area contributed by atoms with E-state index in [2.05, 4.69) is 9.98 Å². The second-order valence-corrected chi connectivity index (χ2v) is 2.36. The van der Waals surface area contributed by atoms with E-state index in [0.717, 1.165) is 0 Å². The van der Waals surface area contributed by atoms with Crippen molar-refractivity contribution in [3.05, 3.63) is 28.4 Å². The molecule has 1 aromatic heterocycles. The van der Waals surface area contributed by atoms with Crippen LogP contribution < -0.4 is 5.73 Å². The van der Waals surface area contributed by atoms with Gasteiger partial charge in [-0.3, -0.25) is 0 Å². The van der Waals surface area contributed by atoms with E-state index in [1.54, 1.807) is 6.07 Å². The van der Waals surface area contributed by atoms with Gasteiger partial charge in [-0.05, 0) is 22.0 Å². The Hall–Kier alpha value is -1.98. The number of aliphatic imine (C=N–C) groups is 1. The van der Waals surface area contributed by atoms with Crippen molar-refractivity contribution in [1.82, 2.24) is 4.98 Å². The maximum Gasteiger partial charge on any atom is 0.336 e. The van der Waals surface area contributed by atoms with E-state index in [1.165, 1.54) is 19.2 Å². The lowest BCUT2D eigenvalue weighted by molar-refractivity contribution is -0.351. The fourth-order valence-electron chi connectivity index (χ4n) is 0.691. The zero-order valence-electron chi connectivity index (χ0n) is 6.97. The zero-order valence-corrected chi connectivity index (χ0v) is 6.97. The molecular weight excluding hydrogens is 172 g/mol. The van der Waals surface area contributed by atoms with Gasteiger partial charge in [0.2, 0.25) is 0 Å². The molecule has 0 radical (unpaired) electrons. The number of hydrogen-bond donors (Lipinski definition) is 1. The molecule has 1 aromatic rings. The zero-order chi connectivity index (χ0) is 9.84. The second kappa shape index (κ2) is 3.61. The summed E-state index contributed by atoms with van der Waals surface area (Å²) in [6.45, 7) is 1.32. The van der Waals surface area contributed by atoms with Gasteiger partial charge in [-0.25, -0.2) is 4.98 Å². The third-order valence-corrected chi connectivity index (χ3v) is 1.33. The first-order valence-electron chi connectivity index (χ1n) is 3.51. The molecular formula is C7H8N4O2. The molecule has 0 aliphatic carbocycles. The van der Waals surface area contributed by atoms with E-state index in [0.29, 0.717) is 11.5 Å². The monoisotopic (exact) mass is 180 g/mol. The summed E-state index contributed by atoms with van der Waals surface area (Å²) in [5.41, 5.74) is 5.74. The lowest BCUT2D eigenvalue weighted by Crippen LogP contribution is -2.05. The van der Waals surface area contributed by atoms with E-state index < -0.39 is 4.92 Å². The van der Waals surface area contributed by atoms with Crippen molar-refractivity contribution in [2.24, 2.45) is 4.99 Å². The molecule has 1 rings (SSSR count). The fourth-order valence-corrected chi connectivity index (χ4v) is 0.691. The van der Waals surface area contributed by atoms with Crippen molar-refractivity contribution in [3.8, 4) is 0 Å². The summed E-state index contributed by atoms with van der Waals surface area (Å²) in [6.07, 6.45) is 1.38. The number of amidine groups is 1. The van der Waals surface area contributed by atoms with Gasteiger partial charge in [-0.15, -0.1) is 0 Å². The first kappa shape index (κ1) is 9.11. The predicted octanol–water partition coefficient (Wildman–Crippen LogP) is 0.990. The molecule has 2 N–H and O–H groups in total. The Kier molecular flexibility index (Phi) is 2.53. The van der Waals surface area contributed by atoms with Crippen LogP contribution in [0.2, 0.25) is 0 Å². The third kappa shape index (κ3) is 2.51. The van der Waals surface area contributed by atoms with Crippen LogP contribution in [0, 0.1) is 10.1 Å². The molecule has 0 amide bonds. The highest BCUT2D eigenvalue weighted by Crippen LogP contribution is 2.11. The minimum absolute atomic E-state index is 0.174. The quantitative estimate of drug-likeness (QED) is 0.301. The van der Waals surface area contributed by atoms with Crippen LogP contribution in [0.5, 0.6) is 0 Å². The van der Waals surface area contributed by atoms with Crippen molar-refractivity contribution < 1.29 is 4.92 Å². The van der Waals surface area contributed by atoms with Crippen LogP contribution in [0.1, 0.15) is 6.92 Å². The Morgan fingerprint density at radius 1 is 1.69 bits per heavy atom. The summed E-state index contributed by atoms with van der Waals surface area (Å²) in [7, 11) is 0. The van der Waals surface area contributed by atoms with Crippen LogP contribution in [-0.2, 0) is 0 Å². The summed E-state index contributed by atoms with van der Waals surface area (Å²) in [4.78, 5) is 17.1. The lowest BCUT2D eigenvalue weighted by atomic mass is 10.4. The van der Waals surface area contributed by atoms with Gasteiger partial charge in [0.25, 0.3) is 0 Å². The Morgan fingerprint density at radius 2 is 2.38 bits per heavy atom. The van der Waals surface area contributed by atoms with Crippen LogP contribution in [0.15, 0.2) is 23.3 Å². The first-order chi connectivity index (χ1) is 6.09. The molecule has 0 fully saturated rings. The lowest BCUT2D eigenvalue weighted by Gasteiger charge is -1.91. The molecule has 6 heteroatoms. The average molecular weight is 180 g/mol. The van der Waals surface area contributed by atoms with Crippen LogP contribution in [0.4, 0.5) is 11.5 Å². The number of nitrogen functional groups attached to an aromatic ring is 1. The van der Waals surface area contributed by atoms with E-state index in [9.17, 15) is 10.1 Å². The fraction of sp³-hybridized carbons (Fsp3) is 0.143. The summed E-state index contributed by atoms with van der Waals surface area (Å²) in [6, 6.07) is 3.10. The molecule has 0 aromatic carbocycles. The van der Waals surface area contributed by atoms with E-state index in [1.807, 2.05) is 0 Å². The SMILES string of the molecule is CC(=Nc1ccc(N)nc1)[N+](=O)[O-]. The number of pyridine rings is 1. The number of nitro groups is 1. The Labute approximate surface area is 74.3 Å². The minimum Gasteiger partial charge on any atom is -0.384 e. The normalized spacial score (nSPS) is 11.3. The Balaban J connectivity index is 2.92. The Bertz CT molecular complexity index is 344. The van der Waals surface area contributed by atoms with Crippen molar-refractivity contribution in [2.75, 3.05) is 5.73 Å². The molecule has 0 saturated heterocycles. The van der Waals surface area contributed by atoms with Gasteiger partial charge >= 0.3 is 5.84 Å². The number of aromatic nitrogens is 1. The largest absolute Gasteiger partial charge is 0.384 e. The molecule has 0 saturated carbocycles. The number of nitrogens with zero attached hydrogens (tertiary/aromatic N) is 3. The van der Waals surface area contributed by atoms with Crippen molar-refractivity contribution in [3.63, 3.8) is 0 Å². The molecule has 13 heavy (non-hydrogen) atoms. The van der Waals surface area contributed by atoms with Gasteiger partial charge in [0.05, 0.1) is 6.20 Å². The molecule has 1 heterocycles. The highest BCUT2D eigenvalue weighted by atomic mass is 16.6. The summed E-state index contributed by atoms with van der Waals surface area (Å²) >= 11 is 0. The average Bonchev–Trinajstić information content (AvgIpc) is 2.08. The highest BCUT2D eigenvalue weighted by molar-refractivity contribution is 5.74. The molecule has 6 nitrogen and oxygen atoms in total. The smallest absolute Gasteiger partial charge is 0.336 e. The third-order valence-electron chi connectivity index (χ3n) is 1.33. The second-order valence-electron chi connectivity index (χ2n) is 2.36. The van der Waals surface area contributed by atoms with Gasteiger partial charge in [0, 0.05) is 6.92 Å². The van der Waals surface area contributed by atoms with Crippen molar-refractivity contribution in [2.45, 2.75) is 6.92 Å². The van der Waals surface area contributed by atoms with E-state index in [4.69, 9.17) is 5.73 Å². The maximum atomic E-state index is 10.2. The van der Waals surface area contributed by atoms with E-state index in [-0.39, 0.29) is 5.84 Å². The highest BCUT2D eigenvalue weighted by Gasteiger charge is 2.04. The van der Waals surface area contributed by atoms with Crippen LogP contribution in [0.3, 0.4) is 0 Å². The van der Waals surface area contributed by atoms with Gasteiger partial charge in [0.15, 0.2) is 5.69 Å². The molecule has 0 bridgehead atoms. The number of hydrogen-bond acceptors (Lipinski definition) is 5.